The molecule has 0 aromatic rings. The van der Waals surface area contributed by atoms with Gasteiger partial charge in [-0.3, -0.25) is 0 Å². The maximum atomic E-state index is 5.77. The fraction of sp³-hybridized carbons (Fsp3) is 0.750. The van der Waals surface area contributed by atoms with E-state index in [9.17, 15) is 0 Å². The van der Waals surface area contributed by atoms with Gasteiger partial charge in [0.2, 0.25) is 0 Å². The second kappa shape index (κ2) is 4.47. The normalized spacial score (nSPS) is 13.7. The fourth-order valence-electron chi connectivity index (χ4n) is 0.981. The van der Waals surface area contributed by atoms with Crippen LogP contribution in [0.4, 0.5) is 0 Å². The standard InChI is InChI=1S/C8H18N2/c1-7(2)5-8(9)6-10(3)4/h8H,1,5-6,9H2,2-4H3/t8-/m0/s1. The predicted molar refractivity (Wildman–Crippen MR) is 46.0 cm³/mol. The van der Waals surface area contributed by atoms with E-state index in [1.807, 2.05) is 21.0 Å². The number of hydrogen-bond donors (Lipinski definition) is 1. The van der Waals surface area contributed by atoms with E-state index in [2.05, 4.69) is 11.5 Å². The molecule has 0 radical (unpaired) electrons. The van der Waals surface area contributed by atoms with Gasteiger partial charge in [0.05, 0.1) is 0 Å². The summed E-state index contributed by atoms with van der Waals surface area (Å²) < 4.78 is 0. The van der Waals surface area contributed by atoms with Gasteiger partial charge in [0.25, 0.3) is 0 Å². The van der Waals surface area contributed by atoms with Gasteiger partial charge in [-0.2, -0.15) is 0 Å². The van der Waals surface area contributed by atoms with Crippen LogP contribution in [0.5, 0.6) is 0 Å². The molecule has 0 aromatic heterocycles. The monoisotopic (exact) mass is 142 g/mol. The summed E-state index contributed by atoms with van der Waals surface area (Å²) in [4.78, 5) is 2.09. The van der Waals surface area contributed by atoms with Gasteiger partial charge < -0.3 is 10.6 Å². The molecular formula is C8H18N2. The van der Waals surface area contributed by atoms with Crippen LogP contribution in [-0.4, -0.2) is 31.6 Å². The molecule has 1 atom stereocenters. The number of hydrogen-bond acceptors (Lipinski definition) is 2. The Morgan fingerprint density at radius 1 is 1.60 bits per heavy atom. The Kier molecular flexibility index (Phi) is 4.32. The Morgan fingerprint density at radius 3 is 2.40 bits per heavy atom. The first-order valence-corrected chi connectivity index (χ1v) is 3.57. The molecule has 0 spiro atoms. The van der Waals surface area contributed by atoms with Gasteiger partial charge in [0.1, 0.15) is 0 Å². The molecule has 0 aromatic carbocycles. The lowest BCUT2D eigenvalue weighted by atomic mass is 10.1. The van der Waals surface area contributed by atoms with Crippen molar-refractivity contribution in [3.8, 4) is 0 Å². The zero-order chi connectivity index (χ0) is 8.15. The van der Waals surface area contributed by atoms with E-state index in [1.165, 1.54) is 0 Å². The minimum atomic E-state index is 0.243. The number of likely N-dealkylation sites (N-methyl/N-ethyl adjacent to an activating group) is 1. The highest BCUT2D eigenvalue weighted by Crippen LogP contribution is 1.99. The van der Waals surface area contributed by atoms with Crippen LogP contribution < -0.4 is 5.73 Å². The molecule has 0 fully saturated rings. The predicted octanol–water partition coefficient (Wildman–Crippen LogP) is 0.842. The molecule has 10 heavy (non-hydrogen) atoms. The molecule has 0 heterocycles. The van der Waals surface area contributed by atoms with Crippen molar-refractivity contribution in [2.75, 3.05) is 20.6 Å². The van der Waals surface area contributed by atoms with Crippen molar-refractivity contribution in [1.29, 1.82) is 0 Å². The average Bonchev–Trinajstić information content (AvgIpc) is 1.58. The fourth-order valence-corrected chi connectivity index (χ4v) is 0.981. The molecule has 0 unspecified atom stereocenters. The summed E-state index contributed by atoms with van der Waals surface area (Å²) in [6, 6.07) is 0.243. The van der Waals surface area contributed by atoms with Crippen molar-refractivity contribution in [3.05, 3.63) is 12.2 Å². The molecule has 0 saturated carbocycles. The highest BCUT2D eigenvalue weighted by Gasteiger charge is 2.02. The van der Waals surface area contributed by atoms with E-state index in [0.29, 0.717) is 0 Å². The third-order valence-electron chi connectivity index (χ3n) is 1.21. The summed E-state index contributed by atoms with van der Waals surface area (Å²) in [6.45, 7) is 6.75. The first-order chi connectivity index (χ1) is 4.52. The van der Waals surface area contributed by atoms with Crippen molar-refractivity contribution in [3.63, 3.8) is 0 Å². The molecule has 2 nitrogen and oxygen atoms in total. The van der Waals surface area contributed by atoms with E-state index in [4.69, 9.17) is 5.73 Å². The summed E-state index contributed by atoms with van der Waals surface area (Å²) in [5, 5.41) is 0. The van der Waals surface area contributed by atoms with E-state index < -0.39 is 0 Å². The molecule has 2 N–H and O–H groups in total. The molecule has 0 saturated heterocycles. The minimum absolute atomic E-state index is 0.243. The smallest absolute Gasteiger partial charge is 0.0205 e. The zero-order valence-corrected chi connectivity index (χ0v) is 7.22. The third-order valence-corrected chi connectivity index (χ3v) is 1.21. The Morgan fingerprint density at radius 2 is 2.10 bits per heavy atom. The van der Waals surface area contributed by atoms with E-state index in [1.54, 1.807) is 0 Å². The van der Waals surface area contributed by atoms with Crippen LogP contribution in [0.3, 0.4) is 0 Å². The number of rotatable bonds is 4. The quantitative estimate of drug-likeness (QED) is 0.589. The Hall–Kier alpha value is -0.340. The van der Waals surface area contributed by atoms with E-state index in [-0.39, 0.29) is 6.04 Å². The lowest BCUT2D eigenvalue weighted by molar-refractivity contribution is 0.371. The van der Waals surface area contributed by atoms with Crippen LogP contribution in [0.2, 0.25) is 0 Å². The van der Waals surface area contributed by atoms with Gasteiger partial charge in [-0.25, -0.2) is 0 Å². The van der Waals surface area contributed by atoms with Gasteiger partial charge >= 0.3 is 0 Å². The third kappa shape index (κ3) is 5.79. The second-order valence-electron chi connectivity index (χ2n) is 3.18. The Balaban J connectivity index is 3.43. The van der Waals surface area contributed by atoms with Crippen LogP contribution >= 0.6 is 0 Å². The van der Waals surface area contributed by atoms with Crippen molar-refractivity contribution in [2.24, 2.45) is 5.73 Å². The minimum Gasteiger partial charge on any atom is -0.326 e. The van der Waals surface area contributed by atoms with Crippen molar-refractivity contribution in [2.45, 2.75) is 19.4 Å². The molecule has 60 valence electrons. The Labute approximate surface area is 63.7 Å². The zero-order valence-electron chi connectivity index (χ0n) is 7.22. The highest BCUT2D eigenvalue weighted by atomic mass is 15.1. The van der Waals surface area contributed by atoms with Crippen molar-refractivity contribution < 1.29 is 0 Å². The summed E-state index contributed by atoms with van der Waals surface area (Å²) in [6.07, 6.45) is 0.929. The molecule has 0 aliphatic rings. The summed E-state index contributed by atoms with van der Waals surface area (Å²) in [7, 11) is 4.05. The summed E-state index contributed by atoms with van der Waals surface area (Å²) in [5.74, 6) is 0. The molecule has 0 rings (SSSR count). The summed E-state index contributed by atoms with van der Waals surface area (Å²) in [5.41, 5.74) is 6.93. The Bertz CT molecular complexity index is 108. The van der Waals surface area contributed by atoms with Crippen LogP contribution in [0.1, 0.15) is 13.3 Å². The van der Waals surface area contributed by atoms with Crippen molar-refractivity contribution in [1.82, 2.24) is 4.90 Å². The van der Waals surface area contributed by atoms with Gasteiger partial charge in [0, 0.05) is 12.6 Å². The topological polar surface area (TPSA) is 29.3 Å². The lowest BCUT2D eigenvalue weighted by Gasteiger charge is -2.16. The first kappa shape index (κ1) is 9.66. The first-order valence-electron chi connectivity index (χ1n) is 3.57. The molecular weight excluding hydrogens is 124 g/mol. The van der Waals surface area contributed by atoms with E-state index >= 15 is 0 Å². The van der Waals surface area contributed by atoms with Gasteiger partial charge in [-0.15, -0.1) is 6.58 Å². The van der Waals surface area contributed by atoms with Gasteiger partial charge in [-0.1, -0.05) is 5.57 Å². The molecule has 2 heteroatoms. The molecule has 0 aliphatic carbocycles. The lowest BCUT2D eigenvalue weighted by Crippen LogP contribution is -2.33. The molecule has 0 bridgehead atoms. The van der Waals surface area contributed by atoms with Gasteiger partial charge in [-0.05, 0) is 27.4 Å². The maximum absolute atomic E-state index is 5.77. The molecule has 0 amide bonds. The largest absolute Gasteiger partial charge is 0.326 e. The van der Waals surface area contributed by atoms with Crippen LogP contribution in [0.15, 0.2) is 12.2 Å². The molecule has 0 aliphatic heterocycles. The number of nitrogens with zero attached hydrogens (tertiary/aromatic N) is 1. The highest BCUT2D eigenvalue weighted by molar-refractivity contribution is 4.92. The SMILES string of the molecule is C=C(C)C[C@H](N)CN(C)C. The van der Waals surface area contributed by atoms with Crippen LogP contribution in [0, 0.1) is 0 Å². The van der Waals surface area contributed by atoms with Crippen LogP contribution in [0.25, 0.3) is 0 Å². The van der Waals surface area contributed by atoms with Gasteiger partial charge in [0.15, 0.2) is 0 Å². The maximum Gasteiger partial charge on any atom is 0.0205 e. The average molecular weight is 142 g/mol. The second-order valence-corrected chi connectivity index (χ2v) is 3.18. The van der Waals surface area contributed by atoms with E-state index in [0.717, 1.165) is 18.5 Å². The van der Waals surface area contributed by atoms with Crippen molar-refractivity contribution >= 4 is 0 Å². The summed E-state index contributed by atoms with van der Waals surface area (Å²) >= 11 is 0. The number of nitrogens with two attached hydrogens (primary N) is 1. The van der Waals surface area contributed by atoms with Crippen LogP contribution in [-0.2, 0) is 0 Å².